The predicted octanol–water partition coefficient (Wildman–Crippen LogP) is 4.00. The summed E-state index contributed by atoms with van der Waals surface area (Å²) in [6, 6.07) is 5.91. The van der Waals surface area contributed by atoms with Crippen molar-refractivity contribution in [1.82, 2.24) is 0 Å². The second-order valence-electron chi connectivity index (χ2n) is 5.23. The molecule has 1 fully saturated rings. The monoisotopic (exact) mass is 295 g/mol. The number of benzene rings is 1. The highest BCUT2D eigenvalue weighted by molar-refractivity contribution is 6.33. The molecule has 1 heterocycles. The van der Waals surface area contributed by atoms with Crippen LogP contribution in [0.1, 0.15) is 44.6 Å². The van der Waals surface area contributed by atoms with Gasteiger partial charge in [0.15, 0.2) is 0 Å². The van der Waals surface area contributed by atoms with Gasteiger partial charge in [0.2, 0.25) is 0 Å². The molecule has 20 heavy (non-hydrogen) atoms. The lowest BCUT2D eigenvalue weighted by Crippen LogP contribution is -2.29. The van der Waals surface area contributed by atoms with E-state index in [-0.39, 0.29) is 11.9 Å². The molecule has 1 atom stereocenters. The number of ether oxygens (including phenoxy) is 1. The largest absolute Gasteiger partial charge is 0.466 e. The molecule has 0 bridgehead atoms. The van der Waals surface area contributed by atoms with Crippen LogP contribution in [-0.4, -0.2) is 25.7 Å². The van der Waals surface area contributed by atoms with Crippen molar-refractivity contribution in [3.05, 3.63) is 28.8 Å². The molecule has 1 saturated heterocycles. The van der Waals surface area contributed by atoms with Crippen LogP contribution in [-0.2, 0) is 9.53 Å². The van der Waals surface area contributed by atoms with Crippen LogP contribution in [0.3, 0.4) is 0 Å². The van der Waals surface area contributed by atoms with Crippen LogP contribution in [0.4, 0.5) is 5.69 Å². The number of hydrogen-bond donors (Lipinski definition) is 0. The summed E-state index contributed by atoms with van der Waals surface area (Å²) < 4.78 is 5.05. The molecular weight excluding hydrogens is 274 g/mol. The summed E-state index contributed by atoms with van der Waals surface area (Å²) in [6.07, 6.45) is 3.74. The first-order valence-electron chi connectivity index (χ1n) is 7.34. The van der Waals surface area contributed by atoms with Crippen molar-refractivity contribution in [3.8, 4) is 0 Å². The topological polar surface area (TPSA) is 29.5 Å². The minimum absolute atomic E-state index is 0.200. The van der Waals surface area contributed by atoms with E-state index in [2.05, 4.69) is 4.90 Å². The van der Waals surface area contributed by atoms with Crippen LogP contribution in [0, 0.1) is 0 Å². The number of nitrogens with zero attached hydrogens (tertiary/aromatic N) is 1. The molecule has 0 saturated carbocycles. The van der Waals surface area contributed by atoms with E-state index >= 15 is 0 Å². The Morgan fingerprint density at radius 1 is 1.35 bits per heavy atom. The fraction of sp³-hybridized carbons (Fsp3) is 0.562. The van der Waals surface area contributed by atoms with Crippen LogP contribution in [0.2, 0.25) is 5.02 Å². The molecular formula is C16H22ClNO2. The van der Waals surface area contributed by atoms with Crippen LogP contribution < -0.4 is 4.90 Å². The molecule has 0 amide bonds. The lowest BCUT2D eigenvalue weighted by atomic mass is 10.0. The van der Waals surface area contributed by atoms with Crippen molar-refractivity contribution in [2.45, 2.75) is 39.0 Å². The fourth-order valence-electron chi connectivity index (χ4n) is 2.59. The molecule has 4 heteroatoms. The van der Waals surface area contributed by atoms with Crippen LogP contribution in [0.5, 0.6) is 0 Å². The first-order valence-corrected chi connectivity index (χ1v) is 7.72. The first-order chi connectivity index (χ1) is 9.63. The summed E-state index contributed by atoms with van der Waals surface area (Å²) in [5.74, 6) is -0.475. The van der Waals surface area contributed by atoms with E-state index in [1.54, 1.807) is 0 Å². The Hall–Kier alpha value is -1.22. The van der Waals surface area contributed by atoms with Gasteiger partial charge in [-0.15, -0.1) is 0 Å². The highest BCUT2D eigenvalue weighted by atomic mass is 35.5. The average Bonchev–Trinajstić information content (AvgIpc) is 2.47. The van der Waals surface area contributed by atoms with E-state index in [0.29, 0.717) is 6.61 Å². The quantitative estimate of drug-likeness (QED) is 0.787. The number of hydrogen-bond acceptors (Lipinski definition) is 3. The molecule has 0 aromatic heterocycles. The van der Waals surface area contributed by atoms with Gasteiger partial charge in [0.1, 0.15) is 0 Å². The molecule has 2 rings (SSSR count). The van der Waals surface area contributed by atoms with Gasteiger partial charge in [0, 0.05) is 13.1 Å². The van der Waals surface area contributed by atoms with Crippen LogP contribution in [0.15, 0.2) is 18.2 Å². The van der Waals surface area contributed by atoms with Crippen molar-refractivity contribution in [2.24, 2.45) is 0 Å². The van der Waals surface area contributed by atoms with E-state index in [1.807, 2.05) is 32.0 Å². The molecule has 0 aliphatic carbocycles. The van der Waals surface area contributed by atoms with Gasteiger partial charge in [-0.1, -0.05) is 17.7 Å². The van der Waals surface area contributed by atoms with Gasteiger partial charge in [-0.2, -0.15) is 0 Å². The van der Waals surface area contributed by atoms with Gasteiger partial charge < -0.3 is 9.64 Å². The first kappa shape index (κ1) is 15.2. The average molecular weight is 296 g/mol. The number of carbonyl (C=O) groups is 1. The molecule has 0 radical (unpaired) electrons. The van der Waals surface area contributed by atoms with Gasteiger partial charge in [-0.25, -0.2) is 0 Å². The van der Waals surface area contributed by atoms with Crippen molar-refractivity contribution < 1.29 is 9.53 Å². The van der Waals surface area contributed by atoms with E-state index in [9.17, 15) is 4.79 Å². The van der Waals surface area contributed by atoms with Gasteiger partial charge in [0.05, 0.1) is 23.2 Å². The Kier molecular flexibility index (Phi) is 5.30. The van der Waals surface area contributed by atoms with Crippen molar-refractivity contribution >= 4 is 23.3 Å². The molecule has 1 aromatic rings. The minimum Gasteiger partial charge on any atom is -0.466 e. The van der Waals surface area contributed by atoms with E-state index < -0.39 is 0 Å². The Bertz CT molecular complexity index is 470. The smallest absolute Gasteiger partial charge is 0.313 e. The number of halogens is 1. The standard InChI is InChI=1S/C16H22ClNO2/c1-3-20-16(19)12(2)13-7-8-15(14(17)11-13)18-9-5-4-6-10-18/h7-8,11-12H,3-6,9-10H2,1-2H3. The molecule has 0 N–H and O–H groups in total. The maximum absolute atomic E-state index is 11.8. The zero-order valence-electron chi connectivity index (χ0n) is 12.2. The third kappa shape index (κ3) is 3.45. The summed E-state index contributed by atoms with van der Waals surface area (Å²) in [5.41, 5.74) is 1.99. The lowest BCUT2D eigenvalue weighted by Gasteiger charge is -2.30. The summed E-state index contributed by atoms with van der Waals surface area (Å²) in [4.78, 5) is 14.1. The van der Waals surface area contributed by atoms with E-state index in [1.165, 1.54) is 19.3 Å². The molecule has 1 aromatic carbocycles. The summed E-state index contributed by atoms with van der Waals surface area (Å²) in [5, 5.41) is 0.723. The molecule has 0 spiro atoms. The number of esters is 1. The molecule has 3 nitrogen and oxygen atoms in total. The lowest BCUT2D eigenvalue weighted by molar-refractivity contribution is -0.144. The highest BCUT2D eigenvalue weighted by Crippen LogP contribution is 2.31. The number of anilines is 1. The van der Waals surface area contributed by atoms with Crippen molar-refractivity contribution in [1.29, 1.82) is 0 Å². The van der Waals surface area contributed by atoms with E-state index in [0.717, 1.165) is 29.4 Å². The third-order valence-corrected chi connectivity index (χ3v) is 4.11. The van der Waals surface area contributed by atoms with Crippen molar-refractivity contribution in [2.75, 3.05) is 24.6 Å². The van der Waals surface area contributed by atoms with E-state index in [4.69, 9.17) is 16.3 Å². The number of rotatable bonds is 4. The number of piperidine rings is 1. The maximum Gasteiger partial charge on any atom is 0.313 e. The Labute approximate surface area is 125 Å². The van der Waals surface area contributed by atoms with Gasteiger partial charge in [0.25, 0.3) is 0 Å². The number of carbonyl (C=O) groups excluding carboxylic acids is 1. The Morgan fingerprint density at radius 3 is 2.65 bits per heavy atom. The maximum atomic E-state index is 11.8. The van der Waals surface area contributed by atoms with Crippen molar-refractivity contribution in [3.63, 3.8) is 0 Å². The molecule has 1 aliphatic rings. The second kappa shape index (κ2) is 6.98. The molecule has 1 unspecified atom stereocenters. The van der Waals surface area contributed by atoms with Gasteiger partial charge >= 0.3 is 5.97 Å². The molecule has 110 valence electrons. The predicted molar refractivity (Wildman–Crippen MR) is 82.6 cm³/mol. The summed E-state index contributed by atoms with van der Waals surface area (Å²) >= 11 is 6.39. The zero-order chi connectivity index (χ0) is 14.5. The van der Waals surface area contributed by atoms with Crippen LogP contribution in [0.25, 0.3) is 0 Å². The fourth-order valence-corrected chi connectivity index (χ4v) is 2.90. The SMILES string of the molecule is CCOC(=O)C(C)c1ccc(N2CCCCC2)c(Cl)c1. The summed E-state index contributed by atoms with van der Waals surface area (Å²) in [6.45, 7) is 6.20. The van der Waals surface area contributed by atoms with Gasteiger partial charge in [-0.3, -0.25) is 4.79 Å². The summed E-state index contributed by atoms with van der Waals surface area (Å²) in [7, 11) is 0. The highest BCUT2D eigenvalue weighted by Gasteiger charge is 2.19. The second-order valence-corrected chi connectivity index (χ2v) is 5.64. The molecule has 1 aliphatic heterocycles. The van der Waals surface area contributed by atoms with Crippen LogP contribution >= 0.6 is 11.6 Å². The van der Waals surface area contributed by atoms with Gasteiger partial charge in [-0.05, 0) is 50.8 Å². The Morgan fingerprint density at radius 2 is 2.05 bits per heavy atom. The Balaban J connectivity index is 2.14. The normalized spacial score (nSPS) is 16.9. The zero-order valence-corrected chi connectivity index (χ0v) is 12.9. The minimum atomic E-state index is -0.275. The third-order valence-electron chi connectivity index (χ3n) is 3.81.